The number of hydrogen-bond donors (Lipinski definition) is 0. The predicted octanol–water partition coefficient (Wildman–Crippen LogP) is 7.37. The van der Waals surface area contributed by atoms with Crippen LogP contribution in [-0.4, -0.2) is 144 Å². The number of ether oxygens (including phenoxy) is 1. The molecule has 3 aliphatic heterocycles. The Morgan fingerprint density at radius 2 is 0.672 bits per heavy atom. The Bertz CT molecular complexity index is 6120. The van der Waals surface area contributed by atoms with Gasteiger partial charge in [0, 0.05) is 101 Å². The second kappa shape index (κ2) is 47.6. The molecule has 0 atom stereocenters. The lowest BCUT2D eigenvalue weighted by Gasteiger charge is -2.30. The maximum absolute atomic E-state index is 5.47. The van der Waals surface area contributed by atoms with Crippen molar-refractivity contribution in [1.82, 2.24) is 4.90 Å². The minimum Gasteiger partial charge on any atom is -1.00 e. The van der Waals surface area contributed by atoms with Crippen LogP contribution in [0.3, 0.4) is 0 Å². The molecule has 128 heavy (non-hydrogen) atoms. The summed E-state index contributed by atoms with van der Waals surface area (Å²) in [5.74, 6) is 4.57. The number of hydrogen-bond acceptors (Lipinski definition) is 11. The first kappa shape index (κ1) is 102. The van der Waals surface area contributed by atoms with Gasteiger partial charge >= 0.3 is 0 Å². The van der Waals surface area contributed by atoms with Crippen molar-refractivity contribution < 1.29 is 133 Å². The first-order valence-electron chi connectivity index (χ1n) is 43.3. The van der Waals surface area contributed by atoms with E-state index >= 15 is 0 Å². The lowest BCUT2D eigenvalue weighted by molar-refractivity contribution is -0.903. The molecule has 0 fully saturated rings. The normalized spacial score (nSPS) is 13.4. The average molecular weight is 2230 g/mol. The fourth-order valence-corrected chi connectivity index (χ4v) is 20.5. The number of nitrogens with zero attached hydrogens (tertiary/aromatic N) is 12. The van der Waals surface area contributed by atoms with Crippen LogP contribution in [-0.2, 0) is 13.1 Å². The number of quaternary nitrogens is 2. The number of pyridine rings is 3. The molecule has 17 rings (SSSR count). The summed E-state index contributed by atoms with van der Waals surface area (Å²) in [6.07, 6.45) is 10.4. The van der Waals surface area contributed by atoms with Gasteiger partial charge in [-0.15, -0.1) is 0 Å². The molecule has 0 bridgehead atoms. The summed E-state index contributed by atoms with van der Waals surface area (Å²) < 4.78 is 14.7. The van der Waals surface area contributed by atoms with Gasteiger partial charge in [-0.3, -0.25) is 14.7 Å². The molecular formula is C107H119Br2I3N12OS3. The van der Waals surface area contributed by atoms with E-state index in [0.29, 0.717) is 0 Å². The van der Waals surface area contributed by atoms with E-state index in [0.717, 1.165) is 99.4 Å². The standard InChI is InChI=1S/C39H44N4OS.C38H42N4S.C30H33N4S.2BrH.3HI/c1-6-41(24-15-25-43(3,4)29-30-16-14-19-33(26-30)44-5)38-27-31(28-39-40(2)36-22-12-13-23-37(36)45-39)34-20-10-11-21-35(34)42(38)32-17-8-7-9-18-32;1-5-40(25-16-26-42(3,4)29-30-17-8-6-9-18-30)37-27-31(28-38-39(2)35-23-14-15-24-36(35)43-38)33-21-12-13-22-34(33)41(37)32-19-10-7-11-20-32;1-31(2)19-12-20-32(3)29-21-23(22-30-33(4)27-17-10-11-18-28(27)35-30)25-15-8-9-16-26(25)34(29)24-13-6-5-7-14-24;;;;;/h7-14,16-23,26-28H,6,15,24-25,29H2,1-5H3;6-15,17-24,27-28H,5,16,25-26,29H2,1-4H3;5-11,13-18,21-22H,12,19-20H2,1-4H3;5*1H/q2*+2;+1;;;;;/p-5. The van der Waals surface area contributed by atoms with E-state index in [1.807, 2.05) is 41.4 Å². The summed E-state index contributed by atoms with van der Waals surface area (Å²) in [6, 6.07) is 111. The number of rotatable bonds is 28. The Kier molecular flexibility index (Phi) is 37.8. The van der Waals surface area contributed by atoms with Crippen LogP contribution < -0.4 is 154 Å². The minimum atomic E-state index is 0. The molecule has 666 valence electrons. The zero-order chi connectivity index (χ0) is 85.6. The summed E-state index contributed by atoms with van der Waals surface area (Å²) in [4.78, 5) is 20.6. The number of benzene rings is 11. The van der Waals surface area contributed by atoms with Crippen molar-refractivity contribution >= 4 is 121 Å². The molecule has 0 amide bonds. The molecule has 0 spiro atoms. The van der Waals surface area contributed by atoms with Gasteiger partial charge in [0.05, 0.1) is 120 Å². The highest BCUT2D eigenvalue weighted by atomic mass is 127. The molecule has 21 heteroatoms. The minimum absolute atomic E-state index is 0. The van der Waals surface area contributed by atoms with E-state index in [2.05, 4.69) is 454 Å². The lowest BCUT2D eigenvalue weighted by atomic mass is 10.1. The maximum Gasteiger partial charge on any atom is 0.282 e. The second-order valence-electron chi connectivity index (χ2n) is 33.7. The lowest BCUT2D eigenvalue weighted by Crippen LogP contribution is -3.00. The summed E-state index contributed by atoms with van der Waals surface area (Å²) in [5.41, 5.74) is 17.4. The highest BCUT2D eigenvalue weighted by molar-refractivity contribution is 8.04. The van der Waals surface area contributed by atoms with Crippen molar-refractivity contribution in [1.29, 1.82) is 0 Å². The van der Waals surface area contributed by atoms with Gasteiger partial charge in [-0.1, -0.05) is 223 Å². The number of thioether (sulfide) groups is 3. The van der Waals surface area contributed by atoms with Crippen LogP contribution in [0.1, 0.15) is 60.9 Å². The molecule has 0 N–H and O–H groups in total. The number of para-hydroxylation sites is 9. The molecule has 6 heterocycles. The molecule has 3 aliphatic rings. The highest BCUT2D eigenvalue weighted by Crippen LogP contribution is 2.49. The zero-order valence-electron chi connectivity index (χ0n) is 75.8. The van der Waals surface area contributed by atoms with Gasteiger partial charge in [0.1, 0.15) is 52.5 Å². The van der Waals surface area contributed by atoms with Crippen LogP contribution in [0.4, 0.5) is 34.5 Å². The van der Waals surface area contributed by atoms with Gasteiger partial charge in [0.2, 0.25) is 0 Å². The molecule has 0 saturated heterocycles. The molecule has 0 radical (unpaired) electrons. The fourth-order valence-electron chi connectivity index (χ4n) is 17.2. The predicted molar refractivity (Wildman–Crippen MR) is 525 cm³/mol. The van der Waals surface area contributed by atoms with Crippen LogP contribution >= 0.6 is 35.3 Å². The Morgan fingerprint density at radius 3 is 1.03 bits per heavy atom. The summed E-state index contributed by atoms with van der Waals surface area (Å²) in [5, 5.41) is 7.48. The zero-order valence-corrected chi connectivity index (χ0v) is 87.9. The Labute approximate surface area is 845 Å². The number of methoxy groups -OCH3 is 1. The van der Waals surface area contributed by atoms with Crippen molar-refractivity contribution in [3.63, 3.8) is 0 Å². The van der Waals surface area contributed by atoms with E-state index in [1.54, 1.807) is 7.11 Å². The monoisotopic (exact) mass is 2220 g/mol. The summed E-state index contributed by atoms with van der Waals surface area (Å²) in [7, 11) is 24.1. The van der Waals surface area contributed by atoms with Gasteiger partial charge in [-0.25, -0.2) is 0 Å². The van der Waals surface area contributed by atoms with Crippen molar-refractivity contribution in [2.45, 2.75) is 60.9 Å². The van der Waals surface area contributed by atoms with Crippen molar-refractivity contribution in [2.24, 2.45) is 0 Å². The van der Waals surface area contributed by atoms with Crippen LogP contribution in [0.25, 0.3) is 68.0 Å². The SMILES string of the molecule is CCN(CCC[N+](C)(C)Cc1cccc(OC)c1)c1cc(C=C2Sc3ccccc3N2C)c2ccccc2[n+]1-c1ccccc1.CCN(CCC[N+](C)(C)Cc1ccccc1)c1cc(C=C2Sc3ccccc3N2C)c2ccccc2[n+]1-c1ccccc1.CN(C)CCCN(C)c1cc(C=C2Sc3ccccc3N2C)c2ccccc2[n+]1-c1ccccc1.[Br-].[Br-].[I-].[I-].[I-]. The molecule has 14 aromatic rings. The van der Waals surface area contributed by atoms with E-state index in [1.165, 1.54) is 142 Å². The van der Waals surface area contributed by atoms with Gasteiger partial charge in [-0.2, -0.15) is 13.7 Å². The van der Waals surface area contributed by atoms with Crippen molar-refractivity contribution in [3.8, 4) is 22.8 Å². The van der Waals surface area contributed by atoms with Crippen molar-refractivity contribution in [2.75, 3.05) is 159 Å². The number of aromatic nitrogens is 3. The maximum atomic E-state index is 5.47. The third kappa shape index (κ3) is 24.5. The molecular weight excluding hydrogens is 2110 g/mol. The molecule has 0 saturated carbocycles. The van der Waals surface area contributed by atoms with Gasteiger partial charge in [0.15, 0.2) is 0 Å². The van der Waals surface area contributed by atoms with Crippen molar-refractivity contribution in [3.05, 3.63) is 352 Å². The van der Waals surface area contributed by atoms with Crippen LogP contribution in [0.5, 0.6) is 5.75 Å². The third-order valence-electron chi connectivity index (χ3n) is 23.6. The molecule has 11 aromatic carbocycles. The van der Waals surface area contributed by atoms with Gasteiger partial charge in [0.25, 0.3) is 17.5 Å². The summed E-state index contributed by atoms with van der Waals surface area (Å²) in [6.45, 7) is 14.6. The largest absolute Gasteiger partial charge is 1.00 e. The van der Waals surface area contributed by atoms with E-state index in [4.69, 9.17) is 4.74 Å². The van der Waals surface area contributed by atoms with E-state index < -0.39 is 0 Å². The fraction of sp³-hybridized carbons (Fsp3) is 0.243. The number of halogens is 5. The van der Waals surface area contributed by atoms with Gasteiger partial charge in [-0.05, 0) is 172 Å². The Morgan fingerprint density at radius 1 is 0.352 bits per heavy atom. The van der Waals surface area contributed by atoms with Gasteiger partial charge < -0.3 is 139 Å². The number of anilines is 6. The van der Waals surface area contributed by atoms with Crippen LogP contribution in [0, 0.1) is 0 Å². The topological polar surface area (TPSA) is 43.6 Å². The first-order valence-corrected chi connectivity index (χ1v) is 45.7. The quantitative estimate of drug-likeness (QED) is 0.0281. The summed E-state index contributed by atoms with van der Waals surface area (Å²) >= 11 is 5.54. The molecule has 13 nitrogen and oxygen atoms in total. The van der Waals surface area contributed by atoms with E-state index in [9.17, 15) is 0 Å². The Hall–Kier alpha value is -8.45. The molecule has 0 aliphatic carbocycles. The number of fused-ring (bicyclic) bond motifs is 6. The Balaban J connectivity index is 0.000000198. The highest BCUT2D eigenvalue weighted by Gasteiger charge is 2.32. The van der Waals surface area contributed by atoms with E-state index in [-0.39, 0.29) is 106 Å². The average Bonchev–Trinajstić information content (AvgIpc) is 1.08. The smallest absolute Gasteiger partial charge is 0.282 e. The van der Waals surface area contributed by atoms with Crippen LogP contribution in [0.15, 0.2) is 339 Å². The van der Waals surface area contributed by atoms with Crippen LogP contribution in [0.2, 0.25) is 0 Å². The first-order chi connectivity index (χ1) is 59.8. The molecule has 3 aromatic heterocycles. The second-order valence-corrected chi connectivity index (χ2v) is 36.9. The third-order valence-corrected chi connectivity index (χ3v) is 27.1. The molecule has 0 unspecified atom stereocenters.